The summed E-state index contributed by atoms with van der Waals surface area (Å²) in [5.74, 6) is 1.02. The van der Waals surface area contributed by atoms with Crippen LogP contribution < -0.4 is 15.4 Å². The second-order valence-electron chi connectivity index (χ2n) is 6.76. The predicted octanol–water partition coefficient (Wildman–Crippen LogP) is 1.62. The molecule has 134 valence electrons. The van der Waals surface area contributed by atoms with Gasteiger partial charge in [0.05, 0.1) is 18.7 Å². The molecule has 3 rings (SSSR count). The first-order chi connectivity index (χ1) is 12.0. The van der Waals surface area contributed by atoms with E-state index < -0.39 is 0 Å². The van der Waals surface area contributed by atoms with Crippen LogP contribution in [0.15, 0.2) is 36.7 Å². The lowest BCUT2D eigenvalue weighted by Crippen LogP contribution is -2.39. The Labute approximate surface area is 148 Å². The maximum Gasteiger partial charge on any atom is 0.225 e. The highest BCUT2D eigenvalue weighted by Gasteiger charge is 2.34. The van der Waals surface area contributed by atoms with E-state index in [9.17, 15) is 4.79 Å². The van der Waals surface area contributed by atoms with Crippen molar-refractivity contribution in [1.29, 1.82) is 0 Å². The minimum atomic E-state index is -0.0868. The molecule has 0 radical (unpaired) electrons. The monoisotopic (exact) mass is 342 g/mol. The summed E-state index contributed by atoms with van der Waals surface area (Å²) in [7, 11) is 1.89. The Morgan fingerprint density at radius 3 is 2.96 bits per heavy atom. The quantitative estimate of drug-likeness (QED) is 0.837. The summed E-state index contributed by atoms with van der Waals surface area (Å²) >= 11 is 0. The SMILES string of the molecule is Cc1ccccc1OC(C)CNC(=O)[C@H]1CNC[C@@H]1c1cnn(C)c1. The molecule has 6 nitrogen and oxygen atoms in total. The van der Waals surface area contributed by atoms with Gasteiger partial charge in [-0.1, -0.05) is 18.2 Å². The number of hydrogen-bond donors (Lipinski definition) is 2. The molecular formula is C19H26N4O2. The molecule has 1 unspecified atom stereocenters. The number of aryl methyl sites for hydroxylation is 2. The third-order valence-corrected chi connectivity index (χ3v) is 4.69. The molecule has 1 aliphatic rings. The Hall–Kier alpha value is -2.34. The number of para-hydroxylation sites is 1. The molecule has 1 aromatic carbocycles. The van der Waals surface area contributed by atoms with Crippen LogP contribution in [0.5, 0.6) is 5.75 Å². The van der Waals surface area contributed by atoms with Gasteiger partial charge in [-0.25, -0.2) is 0 Å². The summed E-state index contributed by atoms with van der Waals surface area (Å²) in [6.45, 7) is 5.97. The molecule has 1 aliphatic heterocycles. The minimum absolute atomic E-state index is 0.0686. The molecule has 2 heterocycles. The first-order valence-electron chi connectivity index (χ1n) is 8.74. The molecule has 1 saturated heterocycles. The van der Waals surface area contributed by atoms with Crippen LogP contribution in [0.25, 0.3) is 0 Å². The molecule has 2 aromatic rings. The zero-order valence-electron chi connectivity index (χ0n) is 15.0. The summed E-state index contributed by atoms with van der Waals surface area (Å²) in [5, 5.41) is 10.6. The van der Waals surface area contributed by atoms with Crippen molar-refractivity contribution >= 4 is 5.91 Å². The van der Waals surface area contributed by atoms with Crippen LogP contribution >= 0.6 is 0 Å². The average molecular weight is 342 g/mol. The topological polar surface area (TPSA) is 68.2 Å². The van der Waals surface area contributed by atoms with E-state index >= 15 is 0 Å². The van der Waals surface area contributed by atoms with Crippen LogP contribution in [-0.4, -0.2) is 41.4 Å². The summed E-state index contributed by atoms with van der Waals surface area (Å²) in [6, 6.07) is 7.91. The Kier molecular flexibility index (Phi) is 5.38. The van der Waals surface area contributed by atoms with Crippen LogP contribution in [0, 0.1) is 12.8 Å². The van der Waals surface area contributed by atoms with Crippen molar-refractivity contribution in [2.75, 3.05) is 19.6 Å². The van der Waals surface area contributed by atoms with Gasteiger partial charge in [0.1, 0.15) is 11.9 Å². The van der Waals surface area contributed by atoms with Crippen LogP contribution in [0.3, 0.4) is 0 Å². The summed E-state index contributed by atoms with van der Waals surface area (Å²) in [4.78, 5) is 12.6. The highest BCUT2D eigenvalue weighted by atomic mass is 16.5. The number of rotatable bonds is 6. The lowest BCUT2D eigenvalue weighted by Gasteiger charge is -2.20. The third kappa shape index (κ3) is 4.20. The second kappa shape index (κ2) is 7.70. The number of aromatic nitrogens is 2. The van der Waals surface area contributed by atoms with Gasteiger partial charge in [-0.15, -0.1) is 0 Å². The van der Waals surface area contributed by atoms with Gasteiger partial charge in [-0.2, -0.15) is 5.10 Å². The molecule has 0 spiro atoms. The Balaban J connectivity index is 1.54. The molecule has 0 aliphatic carbocycles. The molecule has 0 saturated carbocycles. The fourth-order valence-electron chi connectivity index (χ4n) is 3.26. The van der Waals surface area contributed by atoms with E-state index in [1.54, 1.807) is 4.68 Å². The van der Waals surface area contributed by atoms with E-state index in [2.05, 4.69) is 15.7 Å². The number of hydrogen-bond acceptors (Lipinski definition) is 4. The number of carbonyl (C=O) groups excluding carboxylic acids is 1. The van der Waals surface area contributed by atoms with Gasteiger partial charge in [0.2, 0.25) is 5.91 Å². The molecule has 25 heavy (non-hydrogen) atoms. The van der Waals surface area contributed by atoms with Gasteiger partial charge in [0, 0.05) is 32.3 Å². The van der Waals surface area contributed by atoms with Crippen LogP contribution in [0.1, 0.15) is 24.0 Å². The number of ether oxygens (including phenoxy) is 1. The smallest absolute Gasteiger partial charge is 0.225 e. The molecule has 6 heteroatoms. The van der Waals surface area contributed by atoms with E-state index in [4.69, 9.17) is 4.74 Å². The number of nitrogens with zero attached hydrogens (tertiary/aromatic N) is 2. The van der Waals surface area contributed by atoms with Gasteiger partial charge >= 0.3 is 0 Å². The minimum Gasteiger partial charge on any atom is -0.489 e. The van der Waals surface area contributed by atoms with Gasteiger partial charge < -0.3 is 15.4 Å². The lowest BCUT2D eigenvalue weighted by molar-refractivity contribution is -0.125. The number of carbonyl (C=O) groups is 1. The largest absolute Gasteiger partial charge is 0.489 e. The van der Waals surface area contributed by atoms with Gasteiger partial charge in [0.15, 0.2) is 0 Å². The van der Waals surface area contributed by atoms with Crippen molar-refractivity contribution in [3.05, 3.63) is 47.8 Å². The maximum absolute atomic E-state index is 12.6. The van der Waals surface area contributed by atoms with Crippen molar-refractivity contribution in [2.45, 2.75) is 25.9 Å². The molecule has 0 bridgehead atoms. The summed E-state index contributed by atoms with van der Waals surface area (Å²) < 4.78 is 7.71. The Bertz CT molecular complexity index is 728. The average Bonchev–Trinajstić information content (AvgIpc) is 3.23. The first-order valence-corrected chi connectivity index (χ1v) is 8.74. The Morgan fingerprint density at radius 1 is 1.44 bits per heavy atom. The predicted molar refractivity (Wildman–Crippen MR) is 96.6 cm³/mol. The zero-order valence-corrected chi connectivity index (χ0v) is 15.0. The fourth-order valence-corrected chi connectivity index (χ4v) is 3.26. The van der Waals surface area contributed by atoms with Crippen molar-refractivity contribution in [3.63, 3.8) is 0 Å². The zero-order chi connectivity index (χ0) is 17.8. The van der Waals surface area contributed by atoms with E-state index in [1.807, 2.05) is 57.6 Å². The van der Waals surface area contributed by atoms with Crippen LogP contribution in [0.4, 0.5) is 0 Å². The highest BCUT2D eigenvalue weighted by molar-refractivity contribution is 5.80. The van der Waals surface area contributed by atoms with Crippen LogP contribution in [0.2, 0.25) is 0 Å². The maximum atomic E-state index is 12.6. The van der Waals surface area contributed by atoms with Gasteiger partial charge in [-0.05, 0) is 31.0 Å². The highest BCUT2D eigenvalue weighted by Crippen LogP contribution is 2.27. The first kappa shape index (κ1) is 17.5. The molecule has 3 atom stereocenters. The second-order valence-corrected chi connectivity index (χ2v) is 6.76. The van der Waals surface area contributed by atoms with E-state index in [0.29, 0.717) is 13.1 Å². The number of nitrogens with one attached hydrogen (secondary N) is 2. The van der Waals surface area contributed by atoms with E-state index in [1.165, 1.54) is 0 Å². The van der Waals surface area contributed by atoms with Crippen molar-refractivity contribution < 1.29 is 9.53 Å². The number of amides is 1. The van der Waals surface area contributed by atoms with Crippen molar-refractivity contribution in [2.24, 2.45) is 13.0 Å². The molecule has 1 amide bonds. The molecule has 2 N–H and O–H groups in total. The van der Waals surface area contributed by atoms with Crippen molar-refractivity contribution in [1.82, 2.24) is 20.4 Å². The van der Waals surface area contributed by atoms with Gasteiger partial charge in [0.25, 0.3) is 0 Å². The lowest BCUT2D eigenvalue weighted by atomic mass is 9.90. The summed E-state index contributed by atoms with van der Waals surface area (Å²) in [5.41, 5.74) is 2.20. The Morgan fingerprint density at radius 2 is 2.24 bits per heavy atom. The van der Waals surface area contributed by atoms with Crippen LogP contribution in [-0.2, 0) is 11.8 Å². The van der Waals surface area contributed by atoms with E-state index in [-0.39, 0.29) is 23.8 Å². The standard InChI is InChI=1S/C19H26N4O2/c1-13-6-4-5-7-18(13)25-14(2)8-21-19(24)17-11-20-10-16(17)15-9-22-23(3)12-15/h4-7,9,12,14,16-17,20H,8,10-11H2,1-3H3,(H,21,24)/t14?,16-,17+/m1/s1. The molecule has 1 aromatic heterocycles. The molecular weight excluding hydrogens is 316 g/mol. The fraction of sp³-hybridized carbons (Fsp3) is 0.474. The number of benzene rings is 1. The normalized spacial score (nSPS) is 21.1. The third-order valence-electron chi connectivity index (χ3n) is 4.69. The van der Waals surface area contributed by atoms with Gasteiger partial charge in [-0.3, -0.25) is 9.48 Å². The molecule has 1 fully saturated rings. The van der Waals surface area contributed by atoms with E-state index in [0.717, 1.165) is 23.4 Å². The van der Waals surface area contributed by atoms with Crippen molar-refractivity contribution in [3.8, 4) is 5.75 Å². The summed E-state index contributed by atoms with van der Waals surface area (Å²) in [6.07, 6.45) is 3.75.